The fraction of sp³-hybridized carbons (Fsp3) is 0.333. The van der Waals surface area contributed by atoms with Gasteiger partial charge in [0.15, 0.2) is 5.96 Å². The van der Waals surface area contributed by atoms with Crippen molar-refractivity contribution in [1.82, 2.24) is 15.6 Å². The highest BCUT2D eigenvalue weighted by Crippen LogP contribution is 2.25. The number of halogens is 3. The van der Waals surface area contributed by atoms with Crippen LogP contribution in [0.1, 0.15) is 17.0 Å². The molecular formula is C18H23F2IN4O2. The van der Waals surface area contributed by atoms with Crippen molar-refractivity contribution in [3.63, 3.8) is 0 Å². The smallest absolute Gasteiger partial charge is 0.387 e. The van der Waals surface area contributed by atoms with E-state index >= 15 is 0 Å². The molecule has 0 saturated carbocycles. The Hall–Kier alpha value is -2.17. The van der Waals surface area contributed by atoms with Crippen molar-refractivity contribution in [2.45, 2.75) is 26.6 Å². The zero-order valence-corrected chi connectivity index (χ0v) is 17.7. The number of nitrogens with one attached hydrogen (secondary N) is 2. The molecule has 2 N–H and O–H groups in total. The number of pyridine rings is 1. The summed E-state index contributed by atoms with van der Waals surface area (Å²) in [6.45, 7) is -0.254. The van der Waals surface area contributed by atoms with E-state index in [1.807, 2.05) is 25.1 Å². The van der Waals surface area contributed by atoms with Crippen LogP contribution in [0.4, 0.5) is 8.78 Å². The average Bonchev–Trinajstić information content (AvgIpc) is 2.62. The highest BCUT2D eigenvalue weighted by Gasteiger charge is 2.11. The third-order valence-electron chi connectivity index (χ3n) is 3.54. The van der Waals surface area contributed by atoms with Gasteiger partial charge in [0.1, 0.15) is 11.5 Å². The first-order chi connectivity index (χ1) is 12.5. The second-order valence-electron chi connectivity index (χ2n) is 5.40. The molecule has 0 aliphatic carbocycles. The number of nitrogens with zero attached hydrogens (tertiary/aromatic N) is 2. The van der Waals surface area contributed by atoms with Crippen molar-refractivity contribution in [3.05, 3.63) is 53.3 Å². The Morgan fingerprint density at radius 1 is 1.19 bits per heavy atom. The number of aromatic nitrogens is 1. The van der Waals surface area contributed by atoms with Gasteiger partial charge in [-0.25, -0.2) is 0 Å². The Bertz CT molecular complexity index is 760. The topological polar surface area (TPSA) is 67.8 Å². The number of hydrogen-bond donors (Lipinski definition) is 2. The molecule has 0 fully saturated rings. The Labute approximate surface area is 174 Å². The second-order valence-corrected chi connectivity index (χ2v) is 5.40. The van der Waals surface area contributed by atoms with E-state index in [1.54, 1.807) is 19.2 Å². The van der Waals surface area contributed by atoms with E-state index in [4.69, 9.17) is 4.74 Å². The van der Waals surface area contributed by atoms with Crippen LogP contribution in [-0.2, 0) is 13.1 Å². The van der Waals surface area contributed by atoms with Crippen molar-refractivity contribution in [3.8, 4) is 11.5 Å². The molecular weight excluding hydrogens is 469 g/mol. The number of ether oxygens (including phenoxy) is 2. The molecule has 6 nitrogen and oxygen atoms in total. The Morgan fingerprint density at radius 3 is 2.56 bits per heavy atom. The van der Waals surface area contributed by atoms with E-state index in [9.17, 15) is 8.78 Å². The molecule has 1 aromatic carbocycles. The van der Waals surface area contributed by atoms with Crippen molar-refractivity contribution in [2.24, 2.45) is 4.99 Å². The normalized spacial score (nSPS) is 11.0. The Balaban J connectivity index is 0.00000364. The molecule has 0 bridgehead atoms. The maximum absolute atomic E-state index is 12.6. The lowest BCUT2D eigenvalue weighted by atomic mass is 10.2. The van der Waals surface area contributed by atoms with Gasteiger partial charge in [0.05, 0.1) is 19.3 Å². The van der Waals surface area contributed by atoms with Gasteiger partial charge in [-0.1, -0.05) is 6.07 Å². The highest BCUT2D eigenvalue weighted by molar-refractivity contribution is 14.0. The molecule has 0 saturated heterocycles. The molecule has 9 heteroatoms. The Kier molecular flexibility index (Phi) is 9.76. The molecule has 2 aromatic rings. The van der Waals surface area contributed by atoms with Crippen molar-refractivity contribution in [1.29, 1.82) is 0 Å². The lowest BCUT2D eigenvalue weighted by Crippen LogP contribution is -2.36. The molecule has 0 spiro atoms. The fourth-order valence-electron chi connectivity index (χ4n) is 2.30. The summed E-state index contributed by atoms with van der Waals surface area (Å²) in [5.41, 5.74) is 2.33. The molecule has 0 atom stereocenters. The van der Waals surface area contributed by atoms with Gasteiger partial charge in [0.2, 0.25) is 0 Å². The number of alkyl halides is 2. The van der Waals surface area contributed by atoms with Crippen molar-refractivity contribution >= 4 is 29.9 Å². The molecule has 0 aliphatic rings. The zero-order valence-electron chi connectivity index (χ0n) is 15.3. The number of benzene rings is 1. The second kappa shape index (κ2) is 11.5. The fourth-order valence-corrected chi connectivity index (χ4v) is 2.30. The van der Waals surface area contributed by atoms with Gasteiger partial charge in [0.25, 0.3) is 0 Å². The number of hydrogen-bond acceptors (Lipinski definition) is 4. The number of aliphatic imine (C=N–C) groups is 1. The maximum Gasteiger partial charge on any atom is 0.387 e. The highest BCUT2D eigenvalue weighted by atomic mass is 127. The molecule has 1 heterocycles. The summed E-state index contributed by atoms with van der Waals surface area (Å²) in [7, 11) is 3.14. The first kappa shape index (κ1) is 22.9. The lowest BCUT2D eigenvalue weighted by Gasteiger charge is -2.15. The Morgan fingerprint density at radius 2 is 1.93 bits per heavy atom. The summed E-state index contributed by atoms with van der Waals surface area (Å²) in [6, 6.07) is 10.4. The van der Waals surface area contributed by atoms with Crippen LogP contribution in [0, 0.1) is 6.92 Å². The standard InChI is InChI=1S/C18H22F2N4O2.HI/c1-12-5-4-6-14(24-12)11-23-18(21-2)22-10-13-9-15(25-3)7-8-16(13)26-17(19)20;/h4-9,17H,10-11H2,1-3H3,(H2,21,22,23);1H. The summed E-state index contributed by atoms with van der Waals surface area (Å²) in [6.07, 6.45) is 0. The zero-order chi connectivity index (χ0) is 18.9. The van der Waals surface area contributed by atoms with Crippen LogP contribution in [0.3, 0.4) is 0 Å². The first-order valence-corrected chi connectivity index (χ1v) is 8.00. The quantitative estimate of drug-likeness (QED) is 0.352. The van der Waals surface area contributed by atoms with E-state index in [0.29, 0.717) is 23.8 Å². The SMILES string of the molecule is CN=C(NCc1cccc(C)n1)NCc1cc(OC)ccc1OC(F)F.I. The van der Waals surface area contributed by atoms with E-state index < -0.39 is 6.61 Å². The molecule has 27 heavy (non-hydrogen) atoms. The predicted octanol–water partition coefficient (Wildman–Crippen LogP) is 3.48. The van der Waals surface area contributed by atoms with Gasteiger partial charge in [-0.3, -0.25) is 9.98 Å². The summed E-state index contributed by atoms with van der Waals surface area (Å²) in [5.74, 6) is 1.15. The number of methoxy groups -OCH3 is 1. The van der Waals surface area contributed by atoms with Crippen molar-refractivity contribution in [2.75, 3.05) is 14.2 Å². The summed E-state index contributed by atoms with van der Waals surface area (Å²) >= 11 is 0. The van der Waals surface area contributed by atoms with E-state index in [2.05, 4.69) is 25.3 Å². The molecule has 0 amide bonds. The number of guanidine groups is 1. The van der Waals surface area contributed by atoms with Gasteiger partial charge in [-0.15, -0.1) is 24.0 Å². The monoisotopic (exact) mass is 492 g/mol. The predicted molar refractivity (Wildman–Crippen MR) is 111 cm³/mol. The first-order valence-electron chi connectivity index (χ1n) is 8.00. The van der Waals surface area contributed by atoms with Gasteiger partial charge in [-0.05, 0) is 37.3 Å². The van der Waals surface area contributed by atoms with Gasteiger partial charge in [-0.2, -0.15) is 8.78 Å². The largest absolute Gasteiger partial charge is 0.497 e. The van der Waals surface area contributed by atoms with Gasteiger partial charge >= 0.3 is 6.61 Å². The van der Waals surface area contributed by atoms with Gasteiger partial charge in [0, 0.05) is 24.8 Å². The van der Waals surface area contributed by atoms with Gasteiger partial charge < -0.3 is 20.1 Å². The minimum Gasteiger partial charge on any atom is -0.497 e. The molecule has 0 unspecified atom stereocenters. The number of aryl methyl sites for hydroxylation is 1. The lowest BCUT2D eigenvalue weighted by molar-refractivity contribution is -0.0504. The van der Waals surface area contributed by atoms with Crippen LogP contribution in [0.25, 0.3) is 0 Å². The third-order valence-corrected chi connectivity index (χ3v) is 3.54. The van der Waals surface area contributed by atoms with Crippen LogP contribution in [-0.4, -0.2) is 31.7 Å². The van der Waals surface area contributed by atoms with Crippen LogP contribution >= 0.6 is 24.0 Å². The summed E-state index contributed by atoms with van der Waals surface area (Å²) in [4.78, 5) is 8.52. The minimum absolute atomic E-state index is 0. The molecule has 1 aromatic heterocycles. The van der Waals surface area contributed by atoms with Crippen LogP contribution in [0.15, 0.2) is 41.4 Å². The van der Waals surface area contributed by atoms with E-state index in [1.165, 1.54) is 13.2 Å². The third kappa shape index (κ3) is 7.53. The summed E-state index contributed by atoms with van der Waals surface area (Å²) < 4.78 is 34.8. The minimum atomic E-state index is -2.90. The van der Waals surface area contributed by atoms with Crippen LogP contribution in [0.2, 0.25) is 0 Å². The number of rotatable bonds is 7. The molecule has 0 aliphatic heterocycles. The summed E-state index contributed by atoms with van der Waals surface area (Å²) in [5, 5.41) is 6.19. The van der Waals surface area contributed by atoms with E-state index in [-0.39, 0.29) is 36.3 Å². The molecule has 0 radical (unpaired) electrons. The maximum atomic E-state index is 12.6. The van der Waals surface area contributed by atoms with Crippen molar-refractivity contribution < 1.29 is 18.3 Å². The van der Waals surface area contributed by atoms with E-state index in [0.717, 1.165) is 11.4 Å². The van der Waals surface area contributed by atoms with Crippen LogP contribution < -0.4 is 20.1 Å². The molecule has 148 valence electrons. The molecule has 2 rings (SSSR count). The average molecular weight is 492 g/mol. The van der Waals surface area contributed by atoms with Crippen LogP contribution in [0.5, 0.6) is 11.5 Å².